The van der Waals surface area contributed by atoms with E-state index < -0.39 is 17.5 Å². The Morgan fingerprint density at radius 2 is 1.79 bits per heavy atom. The van der Waals surface area contributed by atoms with Crippen LogP contribution in [0.15, 0.2) is 58.2 Å². The average molecular weight is 394 g/mol. The summed E-state index contributed by atoms with van der Waals surface area (Å²) in [5, 5.41) is 14.1. The Hall–Kier alpha value is -2.94. The Labute approximate surface area is 145 Å². The van der Waals surface area contributed by atoms with E-state index in [0.29, 0.717) is 11.3 Å². The highest BCUT2D eigenvalue weighted by Crippen LogP contribution is 2.17. The maximum Gasteiger partial charge on any atom is 0.372 e. The van der Waals surface area contributed by atoms with E-state index in [4.69, 9.17) is 10.5 Å². The van der Waals surface area contributed by atoms with Crippen LogP contribution >= 0.6 is 15.9 Å². The summed E-state index contributed by atoms with van der Waals surface area (Å²) in [5.41, 5.74) is 6.23. The van der Waals surface area contributed by atoms with Crippen LogP contribution in [0.2, 0.25) is 0 Å². The Morgan fingerprint density at radius 3 is 2.38 bits per heavy atom. The number of ether oxygens (including phenoxy) is 1. The molecular formula is C15H12BrN3O5. The van der Waals surface area contributed by atoms with Crippen molar-refractivity contribution in [3.05, 3.63) is 68.7 Å². The molecule has 0 atom stereocenters. The third-order valence-corrected chi connectivity index (χ3v) is 3.32. The van der Waals surface area contributed by atoms with Gasteiger partial charge in [-0.15, -0.1) is 0 Å². The van der Waals surface area contributed by atoms with Gasteiger partial charge < -0.3 is 15.3 Å². The molecule has 0 aromatic heterocycles. The molecule has 0 unspecified atom stereocenters. The number of nitro benzene ring substituents is 1. The van der Waals surface area contributed by atoms with Gasteiger partial charge in [0.05, 0.1) is 4.92 Å². The lowest BCUT2D eigenvalue weighted by Crippen LogP contribution is -2.17. The molecule has 2 aromatic rings. The van der Waals surface area contributed by atoms with E-state index in [0.717, 1.165) is 4.47 Å². The minimum absolute atomic E-state index is 0.0474. The molecule has 0 fully saturated rings. The van der Waals surface area contributed by atoms with Crippen molar-refractivity contribution >= 4 is 33.4 Å². The van der Waals surface area contributed by atoms with Gasteiger partial charge in [0.15, 0.2) is 12.4 Å². The molecule has 2 rings (SSSR count). The summed E-state index contributed by atoms with van der Waals surface area (Å²) >= 11 is 3.29. The van der Waals surface area contributed by atoms with Crippen molar-refractivity contribution in [2.45, 2.75) is 0 Å². The van der Waals surface area contributed by atoms with Crippen molar-refractivity contribution in [2.24, 2.45) is 10.9 Å². The number of nitrogens with zero attached hydrogens (tertiary/aromatic N) is 2. The van der Waals surface area contributed by atoms with E-state index in [1.165, 1.54) is 24.3 Å². The van der Waals surface area contributed by atoms with Crippen LogP contribution in [-0.2, 0) is 9.63 Å². The summed E-state index contributed by atoms with van der Waals surface area (Å²) in [6, 6.07) is 12.3. The number of rotatable bonds is 6. The van der Waals surface area contributed by atoms with Gasteiger partial charge in [-0.05, 0) is 24.3 Å². The number of amidine groups is 1. The Kier molecular flexibility index (Phi) is 5.85. The Bertz CT molecular complexity index is 760. The molecule has 2 N–H and O–H groups in total. The molecule has 8 nitrogen and oxygen atoms in total. The molecule has 0 saturated heterocycles. The number of non-ortho nitro benzene ring substituents is 1. The first-order valence-corrected chi connectivity index (χ1v) is 7.41. The fraction of sp³-hybridized carbons (Fsp3) is 0.0667. The third kappa shape index (κ3) is 5.06. The zero-order valence-corrected chi connectivity index (χ0v) is 13.8. The number of hydrogen-bond donors (Lipinski definition) is 1. The normalized spacial score (nSPS) is 11.0. The van der Waals surface area contributed by atoms with E-state index in [-0.39, 0.29) is 11.5 Å². The van der Waals surface area contributed by atoms with Crippen LogP contribution < -0.4 is 10.5 Å². The van der Waals surface area contributed by atoms with Crippen LogP contribution in [0, 0.1) is 10.1 Å². The van der Waals surface area contributed by atoms with Crippen molar-refractivity contribution in [3.63, 3.8) is 0 Å². The first-order valence-electron chi connectivity index (χ1n) is 6.62. The lowest BCUT2D eigenvalue weighted by Gasteiger charge is -2.04. The van der Waals surface area contributed by atoms with Gasteiger partial charge in [-0.25, -0.2) is 4.79 Å². The smallest absolute Gasteiger partial charge is 0.372 e. The van der Waals surface area contributed by atoms with Crippen LogP contribution in [0.1, 0.15) is 5.56 Å². The molecule has 124 valence electrons. The monoisotopic (exact) mass is 393 g/mol. The lowest BCUT2D eigenvalue weighted by atomic mass is 10.2. The molecule has 0 radical (unpaired) electrons. The number of nitro groups is 1. The van der Waals surface area contributed by atoms with Crippen LogP contribution in [0.5, 0.6) is 5.75 Å². The van der Waals surface area contributed by atoms with Crippen molar-refractivity contribution < 1.29 is 19.3 Å². The molecule has 0 amide bonds. The van der Waals surface area contributed by atoms with Crippen molar-refractivity contribution in [1.29, 1.82) is 0 Å². The van der Waals surface area contributed by atoms with Gasteiger partial charge in [-0.2, -0.15) is 0 Å². The van der Waals surface area contributed by atoms with Gasteiger partial charge in [-0.1, -0.05) is 33.2 Å². The third-order valence-electron chi connectivity index (χ3n) is 2.79. The fourth-order valence-electron chi connectivity index (χ4n) is 1.61. The molecule has 0 aliphatic rings. The van der Waals surface area contributed by atoms with Crippen LogP contribution in [0.3, 0.4) is 0 Å². The summed E-state index contributed by atoms with van der Waals surface area (Å²) in [4.78, 5) is 26.2. The summed E-state index contributed by atoms with van der Waals surface area (Å²) in [6.07, 6.45) is 0. The molecule has 9 heteroatoms. The van der Waals surface area contributed by atoms with Crippen LogP contribution in [0.25, 0.3) is 0 Å². The van der Waals surface area contributed by atoms with E-state index in [1.807, 2.05) is 0 Å². The molecule has 2 aromatic carbocycles. The highest BCUT2D eigenvalue weighted by atomic mass is 79.9. The molecule has 0 aliphatic carbocycles. The summed E-state index contributed by atoms with van der Waals surface area (Å²) in [7, 11) is 0. The van der Waals surface area contributed by atoms with Gasteiger partial charge >= 0.3 is 5.97 Å². The molecule has 0 aliphatic heterocycles. The summed E-state index contributed by atoms with van der Waals surface area (Å²) in [5.74, 6) is -0.415. The van der Waals surface area contributed by atoms with Gasteiger partial charge in [0.1, 0.15) is 5.75 Å². The number of oxime groups is 1. The highest BCUT2D eigenvalue weighted by Gasteiger charge is 2.08. The first-order chi connectivity index (χ1) is 11.5. The topological polar surface area (TPSA) is 117 Å². The minimum Gasteiger partial charge on any atom is -0.482 e. The molecule has 0 bridgehead atoms. The standard InChI is InChI=1S/C15H12BrN3O5/c16-11-3-1-10(2-4-11)15(17)18-24-14(20)9-23-13-7-5-12(6-8-13)19(21)22/h1-8H,9H2,(H2,17,18). The van der Waals surface area contributed by atoms with Crippen molar-refractivity contribution in [1.82, 2.24) is 0 Å². The number of hydrogen-bond acceptors (Lipinski definition) is 6. The number of nitrogens with two attached hydrogens (primary N) is 1. The second kappa shape index (κ2) is 8.06. The second-order valence-electron chi connectivity index (χ2n) is 4.49. The second-order valence-corrected chi connectivity index (χ2v) is 5.40. The lowest BCUT2D eigenvalue weighted by molar-refractivity contribution is -0.384. The van der Waals surface area contributed by atoms with Crippen LogP contribution in [0.4, 0.5) is 5.69 Å². The minimum atomic E-state index is -0.756. The maximum atomic E-state index is 11.6. The zero-order chi connectivity index (χ0) is 17.5. The van der Waals surface area contributed by atoms with E-state index in [9.17, 15) is 14.9 Å². The predicted molar refractivity (Wildman–Crippen MR) is 89.5 cm³/mol. The van der Waals surface area contributed by atoms with Crippen molar-refractivity contribution in [3.8, 4) is 5.75 Å². The summed E-state index contributed by atoms with van der Waals surface area (Å²) in [6.45, 7) is -0.408. The van der Waals surface area contributed by atoms with Gasteiger partial charge in [0, 0.05) is 22.2 Å². The Balaban J connectivity index is 1.85. The number of halogens is 1. The van der Waals surface area contributed by atoms with Crippen LogP contribution in [-0.4, -0.2) is 23.3 Å². The number of carbonyl (C=O) groups excluding carboxylic acids is 1. The predicted octanol–water partition coefficient (Wildman–Crippen LogP) is 2.60. The first kappa shape index (κ1) is 17.4. The average Bonchev–Trinajstić information content (AvgIpc) is 2.58. The van der Waals surface area contributed by atoms with Gasteiger partial charge in [0.25, 0.3) is 5.69 Å². The molecule has 0 spiro atoms. The number of benzene rings is 2. The van der Waals surface area contributed by atoms with Crippen molar-refractivity contribution in [2.75, 3.05) is 6.61 Å². The zero-order valence-electron chi connectivity index (χ0n) is 12.2. The molecule has 0 heterocycles. The molecule has 24 heavy (non-hydrogen) atoms. The Morgan fingerprint density at radius 1 is 1.17 bits per heavy atom. The van der Waals surface area contributed by atoms with E-state index >= 15 is 0 Å². The molecular weight excluding hydrogens is 382 g/mol. The molecule has 0 saturated carbocycles. The highest BCUT2D eigenvalue weighted by molar-refractivity contribution is 9.10. The quantitative estimate of drug-likeness (QED) is 0.265. The maximum absolute atomic E-state index is 11.6. The number of carbonyl (C=O) groups is 1. The SMILES string of the molecule is N/C(=N\OC(=O)COc1ccc([N+](=O)[O-])cc1)c1ccc(Br)cc1. The van der Waals surface area contributed by atoms with Gasteiger partial charge in [-0.3, -0.25) is 10.1 Å². The summed E-state index contributed by atoms with van der Waals surface area (Å²) < 4.78 is 6.02. The van der Waals surface area contributed by atoms with E-state index in [1.54, 1.807) is 24.3 Å². The van der Waals surface area contributed by atoms with E-state index in [2.05, 4.69) is 25.9 Å². The fourth-order valence-corrected chi connectivity index (χ4v) is 1.87. The largest absolute Gasteiger partial charge is 0.482 e. The van der Waals surface area contributed by atoms with Gasteiger partial charge in [0.2, 0.25) is 0 Å².